The minimum Gasteiger partial charge on any atom is -0.486 e. The molecular formula is C31H29N5O4. The van der Waals surface area contributed by atoms with E-state index in [2.05, 4.69) is 28.7 Å². The summed E-state index contributed by atoms with van der Waals surface area (Å²) in [6.45, 7) is 4.21. The number of carbonyl (C=O) groups is 2. The van der Waals surface area contributed by atoms with E-state index in [4.69, 9.17) is 9.47 Å². The largest absolute Gasteiger partial charge is 0.486 e. The molecule has 40 heavy (non-hydrogen) atoms. The number of likely N-dealkylation sites (N-methyl/N-ethyl adjacent to an activating group) is 1. The van der Waals surface area contributed by atoms with Gasteiger partial charge in [-0.2, -0.15) is 5.26 Å². The van der Waals surface area contributed by atoms with Crippen molar-refractivity contribution >= 4 is 34.5 Å². The highest BCUT2D eigenvalue weighted by Crippen LogP contribution is 2.40. The fourth-order valence-corrected chi connectivity index (χ4v) is 5.16. The number of anilines is 2. The van der Waals surface area contributed by atoms with Crippen molar-refractivity contribution in [2.75, 3.05) is 57.1 Å². The van der Waals surface area contributed by atoms with Gasteiger partial charge in [0.2, 0.25) is 5.91 Å². The number of ether oxygens (including phenoxy) is 2. The van der Waals surface area contributed by atoms with E-state index in [1.165, 1.54) is 0 Å². The first-order chi connectivity index (χ1) is 19.5. The van der Waals surface area contributed by atoms with Crippen LogP contribution >= 0.6 is 0 Å². The molecule has 0 saturated carbocycles. The van der Waals surface area contributed by atoms with Crippen LogP contribution in [0.2, 0.25) is 0 Å². The van der Waals surface area contributed by atoms with Gasteiger partial charge in [0.05, 0.1) is 35.0 Å². The van der Waals surface area contributed by atoms with Crippen molar-refractivity contribution in [3.8, 4) is 17.6 Å². The third kappa shape index (κ3) is 5.09. The lowest BCUT2D eigenvalue weighted by atomic mass is 9.98. The molecule has 3 aromatic rings. The van der Waals surface area contributed by atoms with Crippen molar-refractivity contribution in [2.24, 2.45) is 0 Å². The van der Waals surface area contributed by atoms with Gasteiger partial charge < -0.3 is 29.9 Å². The van der Waals surface area contributed by atoms with Crippen LogP contribution in [0.1, 0.15) is 22.3 Å². The van der Waals surface area contributed by atoms with Crippen molar-refractivity contribution in [1.29, 1.82) is 5.26 Å². The molecule has 2 N–H and O–H groups in total. The van der Waals surface area contributed by atoms with E-state index in [0.29, 0.717) is 59.2 Å². The molecule has 9 heteroatoms. The topological polar surface area (TPSA) is 107 Å². The average Bonchev–Trinajstić information content (AvgIpc) is 3.31. The molecule has 3 aliphatic heterocycles. The monoisotopic (exact) mass is 535 g/mol. The van der Waals surface area contributed by atoms with Gasteiger partial charge in [-0.05, 0) is 55.1 Å². The van der Waals surface area contributed by atoms with Gasteiger partial charge in [0.15, 0.2) is 11.5 Å². The van der Waals surface area contributed by atoms with Gasteiger partial charge in [-0.1, -0.05) is 18.2 Å². The van der Waals surface area contributed by atoms with E-state index in [9.17, 15) is 14.9 Å². The molecule has 2 amide bonds. The average molecular weight is 536 g/mol. The van der Waals surface area contributed by atoms with Crippen LogP contribution in [-0.4, -0.2) is 68.1 Å². The second-order valence-electron chi connectivity index (χ2n) is 10.1. The van der Waals surface area contributed by atoms with Gasteiger partial charge >= 0.3 is 0 Å². The number of nitriles is 1. The summed E-state index contributed by atoms with van der Waals surface area (Å²) in [5.41, 5.74) is 5.27. The normalized spacial score (nSPS) is 17.5. The summed E-state index contributed by atoms with van der Waals surface area (Å²) < 4.78 is 11.5. The Morgan fingerprint density at radius 1 is 0.975 bits per heavy atom. The molecule has 0 spiro atoms. The summed E-state index contributed by atoms with van der Waals surface area (Å²) in [6, 6.07) is 20.6. The fraction of sp³-hybridized carbons (Fsp3) is 0.258. The number of benzene rings is 3. The summed E-state index contributed by atoms with van der Waals surface area (Å²) in [5.74, 6) is 1.13. The highest BCUT2D eigenvalue weighted by atomic mass is 16.6. The van der Waals surface area contributed by atoms with Crippen molar-refractivity contribution in [1.82, 2.24) is 9.80 Å². The maximum atomic E-state index is 13.3. The van der Waals surface area contributed by atoms with Crippen LogP contribution in [0.25, 0.3) is 11.3 Å². The van der Waals surface area contributed by atoms with Gasteiger partial charge in [0, 0.05) is 43.0 Å². The molecule has 0 bridgehead atoms. The molecule has 3 aromatic carbocycles. The molecule has 202 valence electrons. The molecular weight excluding hydrogens is 506 g/mol. The molecule has 3 heterocycles. The Bertz CT molecular complexity index is 1550. The van der Waals surface area contributed by atoms with E-state index in [-0.39, 0.29) is 11.8 Å². The van der Waals surface area contributed by atoms with Gasteiger partial charge in [-0.3, -0.25) is 9.59 Å². The minimum absolute atomic E-state index is 0.129. The number of hydrogen-bond acceptors (Lipinski definition) is 7. The highest BCUT2D eigenvalue weighted by molar-refractivity contribution is 6.37. The number of amides is 2. The SMILES string of the molecule is CN1CCN(C(=O)Cc2ccc(NC(=C3C(=O)Nc4cc(C#N)ccc43)c3ccc4c(c3)OCCO4)cc2)CC1. The van der Waals surface area contributed by atoms with Crippen LogP contribution in [0.3, 0.4) is 0 Å². The maximum absolute atomic E-state index is 13.3. The molecule has 0 unspecified atom stereocenters. The van der Waals surface area contributed by atoms with Crippen molar-refractivity contribution in [3.63, 3.8) is 0 Å². The first-order valence-corrected chi connectivity index (χ1v) is 13.3. The van der Waals surface area contributed by atoms with Crippen LogP contribution in [0.5, 0.6) is 11.5 Å². The predicted octanol–water partition coefficient (Wildman–Crippen LogP) is 3.58. The fourth-order valence-electron chi connectivity index (χ4n) is 5.16. The Labute approximate surface area is 232 Å². The summed E-state index contributed by atoms with van der Waals surface area (Å²) in [4.78, 5) is 30.2. The minimum atomic E-state index is -0.267. The smallest absolute Gasteiger partial charge is 0.258 e. The van der Waals surface area contributed by atoms with E-state index in [0.717, 1.165) is 43.0 Å². The lowest BCUT2D eigenvalue weighted by Gasteiger charge is -2.32. The molecule has 0 aromatic heterocycles. The van der Waals surface area contributed by atoms with Crippen LogP contribution in [0.15, 0.2) is 60.7 Å². The van der Waals surface area contributed by atoms with Gasteiger partial charge in [-0.25, -0.2) is 0 Å². The number of nitrogens with one attached hydrogen (secondary N) is 2. The standard InChI is InChI=1S/C31H29N5O4/c1-35-10-12-36(13-11-35)28(37)17-20-2-6-23(7-3-20)33-30(22-5-9-26-27(18-22)40-15-14-39-26)29-24-8-4-21(19-32)16-25(24)34-31(29)38/h2-9,16,18,33H,10-15,17H2,1H3,(H,34,38). The third-order valence-corrected chi connectivity index (χ3v) is 7.41. The Morgan fingerprint density at radius 3 is 2.48 bits per heavy atom. The first-order valence-electron chi connectivity index (χ1n) is 13.3. The van der Waals surface area contributed by atoms with Gasteiger partial charge in [0.25, 0.3) is 5.91 Å². The predicted molar refractivity (Wildman–Crippen MR) is 152 cm³/mol. The highest BCUT2D eigenvalue weighted by Gasteiger charge is 2.29. The van der Waals surface area contributed by atoms with Crippen LogP contribution in [0, 0.1) is 11.3 Å². The molecule has 1 fully saturated rings. The summed E-state index contributed by atoms with van der Waals surface area (Å²) >= 11 is 0. The molecule has 3 aliphatic rings. The Hall–Kier alpha value is -4.81. The maximum Gasteiger partial charge on any atom is 0.258 e. The lowest BCUT2D eigenvalue weighted by Crippen LogP contribution is -2.47. The Morgan fingerprint density at radius 2 is 1.73 bits per heavy atom. The molecule has 0 aliphatic carbocycles. The number of carbonyl (C=O) groups excluding carboxylic acids is 2. The van der Waals surface area contributed by atoms with Crippen LogP contribution in [0.4, 0.5) is 11.4 Å². The van der Waals surface area contributed by atoms with E-state index >= 15 is 0 Å². The summed E-state index contributed by atoms with van der Waals surface area (Å²) in [5, 5.41) is 15.7. The van der Waals surface area contributed by atoms with Crippen LogP contribution < -0.4 is 20.1 Å². The number of rotatable bonds is 5. The van der Waals surface area contributed by atoms with Crippen molar-refractivity contribution < 1.29 is 19.1 Å². The van der Waals surface area contributed by atoms with E-state index in [1.54, 1.807) is 18.2 Å². The molecule has 0 atom stereocenters. The second kappa shape index (κ2) is 10.8. The van der Waals surface area contributed by atoms with Crippen molar-refractivity contribution in [3.05, 3.63) is 82.9 Å². The number of nitrogens with zero attached hydrogens (tertiary/aromatic N) is 3. The number of hydrogen-bond donors (Lipinski definition) is 2. The summed E-state index contributed by atoms with van der Waals surface area (Å²) in [7, 11) is 2.07. The zero-order valence-electron chi connectivity index (χ0n) is 22.2. The molecule has 1 saturated heterocycles. The zero-order valence-corrected chi connectivity index (χ0v) is 22.2. The van der Waals surface area contributed by atoms with Crippen molar-refractivity contribution in [2.45, 2.75) is 6.42 Å². The number of piperazine rings is 1. The van der Waals surface area contributed by atoms with E-state index < -0.39 is 0 Å². The van der Waals surface area contributed by atoms with Gasteiger partial charge in [0.1, 0.15) is 13.2 Å². The van der Waals surface area contributed by atoms with Crippen LogP contribution in [-0.2, 0) is 16.0 Å². The molecule has 9 nitrogen and oxygen atoms in total. The lowest BCUT2D eigenvalue weighted by molar-refractivity contribution is -0.132. The quantitative estimate of drug-likeness (QED) is 0.481. The Balaban J connectivity index is 1.31. The van der Waals surface area contributed by atoms with Gasteiger partial charge in [-0.15, -0.1) is 0 Å². The Kier molecular flexibility index (Phi) is 6.84. The third-order valence-electron chi connectivity index (χ3n) is 7.41. The summed E-state index contributed by atoms with van der Waals surface area (Å²) in [6.07, 6.45) is 0.344. The number of fused-ring (bicyclic) bond motifs is 2. The second-order valence-corrected chi connectivity index (χ2v) is 10.1. The van der Waals surface area contributed by atoms with E-state index in [1.807, 2.05) is 47.4 Å². The first kappa shape index (κ1) is 25.5. The molecule has 6 rings (SSSR count). The molecule has 0 radical (unpaired) electrons. The zero-order chi connectivity index (χ0) is 27.6.